The van der Waals surface area contributed by atoms with Crippen molar-refractivity contribution in [3.8, 4) is 16.8 Å². The van der Waals surface area contributed by atoms with Gasteiger partial charge in [0.15, 0.2) is 0 Å². The van der Waals surface area contributed by atoms with Crippen molar-refractivity contribution < 1.29 is 9.21 Å². The number of thioether (sulfide) groups is 1. The van der Waals surface area contributed by atoms with Crippen molar-refractivity contribution in [1.29, 1.82) is 5.26 Å². The standard InChI is InChI=1S/C20H26N4O2S2/c1-11(2)20(5,10-21)22-17(25)13(4)27-19-24-23-18(26-19)16-9-14-8-12(3)6-7-15(14)28-16/h9,11-13H,6-8H2,1-5H3,(H,22,25)/t12-,13+,20+/m1/s1. The quantitative estimate of drug-likeness (QED) is 0.697. The summed E-state index contributed by atoms with van der Waals surface area (Å²) in [6.45, 7) is 9.61. The molecule has 0 aliphatic heterocycles. The first-order chi connectivity index (χ1) is 13.2. The lowest BCUT2D eigenvalue weighted by Gasteiger charge is -2.28. The van der Waals surface area contributed by atoms with Crippen LogP contribution < -0.4 is 5.32 Å². The van der Waals surface area contributed by atoms with Gasteiger partial charge in [-0.05, 0) is 56.6 Å². The highest BCUT2D eigenvalue weighted by atomic mass is 32.2. The van der Waals surface area contributed by atoms with Crippen LogP contribution in [0.5, 0.6) is 0 Å². The molecule has 2 aromatic heterocycles. The molecule has 0 bridgehead atoms. The number of nitrogens with one attached hydrogen (secondary N) is 1. The first-order valence-corrected chi connectivity index (χ1v) is 11.3. The monoisotopic (exact) mass is 418 g/mol. The van der Waals surface area contributed by atoms with Crippen LogP contribution in [0.15, 0.2) is 15.7 Å². The van der Waals surface area contributed by atoms with Gasteiger partial charge in [0.2, 0.25) is 5.91 Å². The summed E-state index contributed by atoms with van der Waals surface area (Å²) >= 11 is 2.93. The first kappa shape index (κ1) is 20.9. The molecule has 0 saturated carbocycles. The third-order valence-corrected chi connectivity index (χ3v) is 7.52. The second-order valence-electron chi connectivity index (χ2n) is 8.00. The lowest BCUT2D eigenvalue weighted by atomic mass is 9.90. The van der Waals surface area contributed by atoms with E-state index >= 15 is 0 Å². The van der Waals surface area contributed by atoms with Crippen LogP contribution in [-0.2, 0) is 17.6 Å². The van der Waals surface area contributed by atoms with Crippen LogP contribution in [0.25, 0.3) is 10.8 Å². The van der Waals surface area contributed by atoms with E-state index < -0.39 is 10.8 Å². The van der Waals surface area contributed by atoms with E-state index in [1.54, 1.807) is 25.2 Å². The second-order valence-corrected chi connectivity index (χ2v) is 10.4. The predicted octanol–water partition coefficient (Wildman–Crippen LogP) is 4.46. The van der Waals surface area contributed by atoms with Crippen molar-refractivity contribution in [2.24, 2.45) is 11.8 Å². The number of hydrogen-bond donors (Lipinski definition) is 1. The van der Waals surface area contributed by atoms with Crippen LogP contribution in [-0.4, -0.2) is 26.9 Å². The second kappa shape index (κ2) is 8.26. The number of fused-ring (bicyclic) bond motifs is 1. The number of hydrogen-bond acceptors (Lipinski definition) is 7. The number of rotatable bonds is 6. The van der Waals surface area contributed by atoms with E-state index in [0.717, 1.165) is 17.7 Å². The number of carbonyl (C=O) groups is 1. The summed E-state index contributed by atoms with van der Waals surface area (Å²) in [6.07, 6.45) is 3.44. The minimum absolute atomic E-state index is 0.00115. The summed E-state index contributed by atoms with van der Waals surface area (Å²) < 4.78 is 5.81. The summed E-state index contributed by atoms with van der Waals surface area (Å²) in [6, 6.07) is 4.35. The molecule has 0 saturated heterocycles. The molecule has 1 N–H and O–H groups in total. The number of aryl methyl sites for hydroxylation is 1. The molecule has 3 rings (SSSR count). The molecule has 1 aliphatic rings. The Morgan fingerprint density at radius 2 is 2.21 bits per heavy atom. The van der Waals surface area contributed by atoms with Crippen LogP contribution in [0.4, 0.5) is 0 Å². The van der Waals surface area contributed by atoms with Gasteiger partial charge in [-0.25, -0.2) is 0 Å². The first-order valence-electron chi connectivity index (χ1n) is 9.57. The maximum absolute atomic E-state index is 12.5. The van der Waals surface area contributed by atoms with Crippen molar-refractivity contribution in [2.45, 2.75) is 69.9 Å². The molecule has 0 spiro atoms. The molecular formula is C20H26N4O2S2. The van der Waals surface area contributed by atoms with E-state index in [9.17, 15) is 10.1 Å². The molecular weight excluding hydrogens is 392 g/mol. The van der Waals surface area contributed by atoms with Gasteiger partial charge in [0.1, 0.15) is 5.54 Å². The lowest BCUT2D eigenvalue weighted by Crippen LogP contribution is -2.51. The molecule has 8 heteroatoms. The van der Waals surface area contributed by atoms with Gasteiger partial charge in [-0.2, -0.15) is 5.26 Å². The molecule has 1 aliphatic carbocycles. The minimum Gasteiger partial charge on any atom is -0.410 e. The van der Waals surface area contributed by atoms with E-state index in [4.69, 9.17) is 4.42 Å². The van der Waals surface area contributed by atoms with E-state index in [1.807, 2.05) is 13.8 Å². The normalized spacial score (nSPS) is 19.5. The van der Waals surface area contributed by atoms with Crippen LogP contribution in [0.1, 0.15) is 51.5 Å². The zero-order valence-corrected chi connectivity index (χ0v) is 18.5. The van der Waals surface area contributed by atoms with Gasteiger partial charge in [0, 0.05) is 4.88 Å². The lowest BCUT2D eigenvalue weighted by molar-refractivity contribution is -0.121. The Labute approximate surface area is 174 Å². The fourth-order valence-electron chi connectivity index (χ4n) is 3.03. The van der Waals surface area contributed by atoms with Crippen molar-refractivity contribution >= 4 is 29.0 Å². The van der Waals surface area contributed by atoms with E-state index in [-0.39, 0.29) is 11.8 Å². The number of aromatic nitrogens is 2. The van der Waals surface area contributed by atoms with Crippen LogP contribution in [0.3, 0.4) is 0 Å². The van der Waals surface area contributed by atoms with Crippen LogP contribution in [0, 0.1) is 23.2 Å². The van der Waals surface area contributed by atoms with Gasteiger partial charge in [-0.1, -0.05) is 32.5 Å². The molecule has 0 radical (unpaired) electrons. The maximum Gasteiger partial charge on any atom is 0.277 e. The Balaban J connectivity index is 1.66. The third-order valence-electron chi connectivity index (χ3n) is 5.36. The smallest absolute Gasteiger partial charge is 0.277 e. The Morgan fingerprint density at radius 1 is 1.46 bits per heavy atom. The van der Waals surface area contributed by atoms with E-state index in [2.05, 4.69) is 34.6 Å². The molecule has 3 atom stereocenters. The van der Waals surface area contributed by atoms with Crippen LogP contribution >= 0.6 is 23.1 Å². The number of nitrogens with zero attached hydrogens (tertiary/aromatic N) is 3. The van der Waals surface area contributed by atoms with E-state index in [0.29, 0.717) is 17.0 Å². The summed E-state index contributed by atoms with van der Waals surface area (Å²) in [4.78, 5) is 14.9. The number of carbonyl (C=O) groups excluding carboxylic acids is 1. The van der Waals surface area contributed by atoms with Crippen molar-refractivity contribution in [3.05, 3.63) is 16.5 Å². The zero-order valence-electron chi connectivity index (χ0n) is 16.9. The zero-order chi connectivity index (χ0) is 20.5. The average molecular weight is 419 g/mol. The molecule has 6 nitrogen and oxygen atoms in total. The number of thiophene rings is 1. The largest absolute Gasteiger partial charge is 0.410 e. The summed E-state index contributed by atoms with van der Waals surface area (Å²) in [5.41, 5.74) is 0.488. The van der Waals surface area contributed by atoms with Crippen molar-refractivity contribution in [1.82, 2.24) is 15.5 Å². The molecule has 2 aromatic rings. The van der Waals surface area contributed by atoms with Gasteiger partial charge in [-0.3, -0.25) is 4.79 Å². The van der Waals surface area contributed by atoms with E-state index in [1.165, 1.54) is 28.6 Å². The fourth-order valence-corrected chi connectivity index (χ4v) is 4.84. The summed E-state index contributed by atoms with van der Waals surface area (Å²) in [7, 11) is 0. The van der Waals surface area contributed by atoms with Gasteiger partial charge in [0.25, 0.3) is 11.1 Å². The summed E-state index contributed by atoms with van der Waals surface area (Å²) in [5.74, 6) is 1.00. The van der Waals surface area contributed by atoms with Gasteiger partial charge >= 0.3 is 0 Å². The van der Waals surface area contributed by atoms with Gasteiger partial charge in [0.05, 0.1) is 16.2 Å². The Morgan fingerprint density at radius 3 is 2.89 bits per heavy atom. The SMILES string of the molecule is CC(C)[C@](C)(C#N)NC(=O)[C@H](C)Sc1nnc(-c2cc3c(s2)CC[C@@H](C)C3)o1. The number of amides is 1. The Hall–Kier alpha value is -1.85. The molecule has 0 unspecified atom stereocenters. The van der Waals surface area contributed by atoms with Crippen molar-refractivity contribution in [3.63, 3.8) is 0 Å². The molecule has 2 heterocycles. The predicted molar refractivity (Wildman–Crippen MR) is 111 cm³/mol. The Bertz CT molecular complexity index is 898. The number of nitriles is 1. The molecule has 28 heavy (non-hydrogen) atoms. The molecule has 1 amide bonds. The van der Waals surface area contributed by atoms with Gasteiger partial charge in [-0.15, -0.1) is 21.5 Å². The fraction of sp³-hybridized carbons (Fsp3) is 0.600. The third kappa shape index (κ3) is 4.41. The molecule has 0 fully saturated rings. The highest BCUT2D eigenvalue weighted by Crippen LogP contribution is 2.37. The maximum atomic E-state index is 12.5. The summed E-state index contributed by atoms with van der Waals surface area (Å²) in [5, 5.41) is 20.4. The highest BCUT2D eigenvalue weighted by molar-refractivity contribution is 8.00. The van der Waals surface area contributed by atoms with Gasteiger partial charge < -0.3 is 9.73 Å². The average Bonchev–Trinajstić information content (AvgIpc) is 3.27. The Kier molecular flexibility index (Phi) is 6.15. The molecule has 150 valence electrons. The van der Waals surface area contributed by atoms with Crippen molar-refractivity contribution in [2.75, 3.05) is 0 Å². The van der Waals surface area contributed by atoms with Crippen LogP contribution in [0.2, 0.25) is 0 Å². The minimum atomic E-state index is -0.904. The highest BCUT2D eigenvalue weighted by Gasteiger charge is 2.32. The topological polar surface area (TPSA) is 91.8 Å². The molecule has 0 aromatic carbocycles.